The first kappa shape index (κ1) is 13.4. The predicted molar refractivity (Wildman–Crippen MR) is 69.2 cm³/mol. The van der Waals surface area contributed by atoms with E-state index in [-0.39, 0.29) is 0 Å². The first-order chi connectivity index (χ1) is 7.76. The van der Waals surface area contributed by atoms with Crippen molar-refractivity contribution >= 4 is 17.4 Å². The Bertz CT molecular complexity index is 290. The summed E-state index contributed by atoms with van der Waals surface area (Å²) in [5, 5.41) is 12.7. The van der Waals surface area contributed by atoms with Gasteiger partial charge in [-0.05, 0) is 37.4 Å². The molecule has 1 aromatic rings. The molecule has 0 aliphatic rings. The van der Waals surface area contributed by atoms with Crippen molar-refractivity contribution in [2.75, 3.05) is 31.3 Å². The van der Waals surface area contributed by atoms with Gasteiger partial charge < -0.3 is 15.2 Å². The number of thioether (sulfide) groups is 1. The van der Waals surface area contributed by atoms with E-state index in [9.17, 15) is 5.11 Å². The first-order valence-corrected chi connectivity index (χ1v) is 6.62. The van der Waals surface area contributed by atoms with Crippen molar-refractivity contribution in [1.82, 2.24) is 0 Å². The molecule has 1 rings (SSSR count). The Morgan fingerprint density at radius 1 is 1.38 bits per heavy atom. The van der Waals surface area contributed by atoms with Crippen LogP contribution in [-0.2, 0) is 4.74 Å². The molecule has 0 aliphatic carbocycles. The van der Waals surface area contributed by atoms with Gasteiger partial charge in [-0.3, -0.25) is 0 Å². The minimum Gasteiger partial charge on any atom is -0.389 e. The number of rotatable bonds is 7. The highest BCUT2D eigenvalue weighted by molar-refractivity contribution is 7.98. The van der Waals surface area contributed by atoms with Crippen LogP contribution in [0.1, 0.15) is 6.92 Å². The molecule has 0 bridgehead atoms. The maximum Gasteiger partial charge on any atom is 0.0945 e. The molecule has 1 atom stereocenters. The Hall–Kier alpha value is -0.710. The zero-order valence-electron chi connectivity index (χ0n) is 9.77. The molecule has 0 aliphatic heterocycles. The van der Waals surface area contributed by atoms with Crippen molar-refractivity contribution in [3.63, 3.8) is 0 Å². The van der Waals surface area contributed by atoms with Gasteiger partial charge in [0.2, 0.25) is 0 Å². The van der Waals surface area contributed by atoms with Gasteiger partial charge in [-0.1, -0.05) is 0 Å². The topological polar surface area (TPSA) is 41.5 Å². The number of aliphatic hydroxyl groups excluding tert-OH is 1. The second-order valence-corrected chi connectivity index (χ2v) is 4.30. The normalized spacial score (nSPS) is 12.4. The highest BCUT2D eigenvalue weighted by atomic mass is 32.2. The Morgan fingerprint density at radius 2 is 2.06 bits per heavy atom. The highest BCUT2D eigenvalue weighted by Gasteiger charge is 2.03. The standard InChI is InChI=1S/C12H19NO2S/c1-3-15-9-11(14)8-13-10-4-6-12(16-2)7-5-10/h4-7,11,13-14H,3,8-9H2,1-2H3. The Morgan fingerprint density at radius 3 is 2.62 bits per heavy atom. The molecule has 0 amide bonds. The van der Waals surface area contributed by atoms with Gasteiger partial charge in [0.05, 0.1) is 12.7 Å². The third-order valence-corrected chi connectivity index (χ3v) is 2.89. The molecule has 0 saturated heterocycles. The molecule has 1 unspecified atom stereocenters. The number of hydrogen-bond acceptors (Lipinski definition) is 4. The lowest BCUT2D eigenvalue weighted by Crippen LogP contribution is -2.24. The van der Waals surface area contributed by atoms with Gasteiger partial charge >= 0.3 is 0 Å². The van der Waals surface area contributed by atoms with Gasteiger partial charge in [0.15, 0.2) is 0 Å². The van der Waals surface area contributed by atoms with E-state index < -0.39 is 6.10 Å². The van der Waals surface area contributed by atoms with Crippen LogP contribution in [0.2, 0.25) is 0 Å². The summed E-state index contributed by atoms with van der Waals surface area (Å²) in [6, 6.07) is 8.14. The van der Waals surface area contributed by atoms with Crippen molar-refractivity contribution in [3.8, 4) is 0 Å². The lowest BCUT2D eigenvalue weighted by Gasteiger charge is -2.12. The van der Waals surface area contributed by atoms with Crippen molar-refractivity contribution in [3.05, 3.63) is 24.3 Å². The Labute approximate surface area is 101 Å². The van der Waals surface area contributed by atoms with Crippen molar-refractivity contribution in [1.29, 1.82) is 0 Å². The van der Waals surface area contributed by atoms with E-state index >= 15 is 0 Å². The van der Waals surface area contributed by atoms with Crippen LogP contribution in [0.15, 0.2) is 29.2 Å². The maximum absolute atomic E-state index is 9.55. The van der Waals surface area contributed by atoms with Crippen LogP contribution in [0.4, 0.5) is 5.69 Å². The molecule has 4 heteroatoms. The second kappa shape index (κ2) is 7.54. The predicted octanol–water partition coefficient (Wildman–Crippen LogP) is 2.22. The molecule has 16 heavy (non-hydrogen) atoms. The highest BCUT2D eigenvalue weighted by Crippen LogP contribution is 2.17. The second-order valence-electron chi connectivity index (χ2n) is 3.42. The third-order valence-electron chi connectivity index (χ3n) is 2.15. The van der Waals surface area contributed by atoms with E-state index in [1.807, 2.05) is 25.3 Å². The molecule has 90 valence electrons. The van der Waals surface area contributed by atoms with Crippen molar-refractivity contribution in [2.24, 2.45) is 0 Å². The number of aliphatic hydroxyl groups is 1. The van der Waals surface area contributed by atoms with Gasteiger partial charge in [-0.15, -0.1) is 11.8 Å². The fourth-order valence-electron chi connectivity index (χ4n) is 1.26. The largest absolute Gasteiger partial charge is 0.389 e. The van der Waals surface area contributed by atoms with E-state index in [4.69, 9.17) is 4.74 Å². The van der Waals surface area contributed by atoms with Gasteiger partial charge in [-0.25, -0.2) is 0 Å². The minimum atomic E-state index is -0.458. The zero-order chi connectivity index (χ0) is 11.8. The zero-order valence-corrected chi connectivity index (χ0v) is 10.6. The molecular weight excluding hydrogens is 222 g/mol. The van der Waals surface area contributed by atoms with Crippen LogP contribution in [0.25, 0.3) is 0 Å². The summed E-state index contributed by atoms with van der Waals surface area (Å²) in [4.78, 5) is 1.24. The van der Waals surface area contributed by atoms with Gasteiger partial charge in [0, 0.05) is 23.7 Å². The van der Waals surface area contributed by atoms with E-state index in [1.54, 1.807) is 11.8 Å². The van der Waals surface area contributed by atoms with Crippen molar-refractivity contribution < 1.29 is 9.84 Å². The minimum absolute atomic E-state index is 0.381. The fraction of sp³-hybridized carbons (Fsp3) is 0.500. The number of benzene rings is 1. The molecular formula is C12H19NO2S. The average Bonchev–Trinajstić information content (AvgIpc) is 2.34. The van der Waals surface area contributed by atoms with E-state index in [1.165, 1.54) is 4.90 Å². The van der Waals surface area contributed by atoms with E-state index in [0.717, 1.165) is 5.69 Å². The van der Waals surface area contributed by atoms with Gasteiger partial charge in [0.25, 0.3) is 0 Å². The van der Waals surface area contributed by atoms with Gasteiger partial charge in [-0.2, -0.15) is 0 Å². The molecule has 1 aromatic carbocycles. The van der Waals surface area contributed by atoms with Crippen LogP contribution < -0.4 is 5.32 Å². The molecule has 0 heterocycles. The Balaban J connectivity index is 2.30. The number of hydrogen-bond donors (Lipinski definition) is 2. The quantitative estimate of drug-likeness (QED) is 0.718. The molecule has 0 fully saturated rings. The SMILES string of the molecule is CCOCC(O)CNc1ccc(SC)cc1. The summed E-state index contributed by atoms with van der Waals surface area (Å²) in [6.45, 7) is 3.45. The molecule has 0 radical (unpaired) electrons. The van der Waals surface area contributed by atoms with Crippen LogP contribution in [0, 0.1) is 0 Å². The van der Waals surface area contributed by atoms with Crippen LogP contribution in [0.5, 0.6) is 0 Å². The summed E-state index contributed by atoms with van der Waals surface area (Å²) in [5.41, 5.74) is 1.02. The van der Waals surface area contributed by atoms with Crippen LogP contribution in [0.3, 0.4) is 0 Å². The fourth-order valence-corrected chi connectivity index (χ4v) is 1.67. The van der Waals surface area contributed by atoms with Crippen molar-refractivity contribution in [2.45, 2.75) is 17.9 Å². The average molecular weight is 241 g/mol. The van der Waals surface area contributed by atoms with E-state index in [2.05, 4.69) is 17.4 Å². The lowest BCUT2D eigenvalue weighted by molar-refractivity contribution is 0.0496. The van der Waals surface area contributed by atoms with Gasteiger partial charge in [0.1, 0.15) is 0 Å². The monoisotopic (exact) mass is 241 g/mol. The van der Waals surface area contributed by atoms with Crippen LogP contribution in [-0.4, -0.2) is 37.2 Å². The molecule has 0 spiro atoms. The molecule has 2 N–H and O–H groups in total. The molecule has 3 nitrogen and oxygen atoms in total. The smallest absolute Gasteiger partial charge is 0.0945 e. The Kier molecular flexibility index (Phi) is 6.30. The third kappa shape index (κ3) is 4.88. The molecule has 0 aromatic heterocycles. The maximum atomic E-state index is 9.55. The number of anilines is 1. The lowest BCUT2D eigenvalue weighted by atomic mass is 10.3. The molecule has 0 saturated carbocycles. The first-order valence-electron chi connectivity index (χ1n) is 5.40. The summed E-state index contributed by atoms with van der Waals surface area (Å²) in [7, 11) is 0. The van der Waals surface area contributed by atoms with Crippen LogP contribution >= 0.6 is 11.8 Å². The number of ether oxygens (including phenoxy) is 1. The summed E-state index contributed by atoms with van der Waals surface area (Å²) >= 11 is 1.72. The summed E-state index contributed by atoms with van der Waals surface area (Å²) < 4.78 is 5.13. The summed E-state index contributed by atoms with van der Waals surface area (Å²) in [5.74, 6) is 0. The number of nitrogens with one attached hydrogen (secondary N) is 1. The summed E-state index contributed by atoms with van der Waals surface area (Å²) in [6.07, 6.45) is 1.59. The van der Waals surface area contributed by atoms with E-state index in [0.29, 0.717) is 19.8 Å².